The third-order valence-electron chi connectivity index (χ3n) is 17.8. The molecule has 18 heteroatoms. The molecular weight excluding hydrogens is 1110 g/mol. The summed E-state index contributed by atoms with van der Waals surface area (Å²) in [4.78, 5) is 86.6. The zero-order valence-corrected chi connectivity index (χ0v) is 49.3. The van der Waals surface area contributed by atoms with Gasteiger partial charge in [-0.05, 0) is 101 Å². The lowest BCUT2D eigenvalue weighted by molar-refractivity contribution is -0.143. The van der Waals surface area contributed by atoms with Gasteiger partial charge in [-0.3, -0.25) is 28.8 Å². The van der Waals surface area contributed by atoms with Crippen molar-refractivity contribution < 1.29 is 28.8 Å². The van der Waals surface area contributed by atoms with Crippen molar-refractivity contribution in [3.05, 3.63) is 212 Å². The van der Waals surface area contributed by atoms with Crippen molar-refractivity contribution in [2.75, 3.05) is 40.3 Å². The summed E-state index contributed by atoms with van der Waals surface area (Å²) >= 11 is 12.2. The van der Waals surface area contributed by atoms with E-state index in [2.05, 4.69) is 38.3 Å². The van der Waals surface area contributed by atoms with Crippen LogP contribution in [0.1, 0.15) is 69.8 Å². The average Bonchev–Trinajstić information content (AvgIpc) is 1.92. The molecule has 85 heavy (non-hydrogen) atoms. The number of nitrogens with one attached hydrogen (secondary N) is 3. The number of rotatable bonds is 14. The largest absolute Gasteiger partial charge is 0.344 e. The highest BCUT2D eigenvalue weighted by Gasteiger charge is 2.55. The van der Waals surface area contributed by atoms with E-state index in [9.17, 15) is 28.8 Å². The molecular formula is C67H70Cl2N10O6. The number of nitrogens with zero attached hydrogens (tertiary/aromatic N) is 6. The molecule has 4 unspecified atom stereocenters. The molecule has 12 rings (SSSR count). The molecule has 0 aromatic heterocycles. The lowest BCUT2D eigenvalue weighted by Crippen LogP contribution is -2.60. The Morgan fingerprint density at radius 3 is 1.53 bits per heavy atom. The predicted octanol–water partition coefficient (Wildman–Crippen LogP) is 7.29. The van der Waals surface area contributed by atoms with Gasteiger partial charge in [-0.1, -0.05) is 157 Å². The quantitative estimate of drug-likeness (QED) is 0.0871. The average molecular weight is 1180 g/mol. The van der Waals surface area contributed by atoms with Crippen LogP contribution in [0.4, 0.5) is 0 Å². The monoisotopic (exact) mass is 1180 g/mol. The predicted molar refractivity (Wildman–Crippen MR) is 328 cm³/mol. The van der Waals surface area contributed by atoms with Crippen LogP contribution in [0.25, 0.3) is 0 Å². The summed E-state index contributed by atoms with van der Waals surface area (Å²) in [5, 5.41) is 22.6. The SMILES string of the molecule is CN1N=C2CCN(C(=O)[C@@H](Cc3ccc(Cl)cc3)NC(=O)C3CCc4ccccc4C3N)CC2(Cc2ccccc2)C1=O.CN1N=C2CCN(C(=O)[C@@H](Cc3ccc(Cl)cc3)NC(=O)[C@H]3Cc4ccccc4CN3)CC2(Cc2ccccc2)C1=O. The molecule has 5 aliphatic heterocycles. The number of halogens is 2. The topological polar surface area (TPSA) is 202 Å². The third-order valence-corrected chi connectivity index (χ3v) is 18.3. The van der Waals surface area contributed by atoms with E-state index in [1.165, 1.54) is 15.6 Å². The lowest BCUT2D eigenvalue weighted by atomic mass is 9.73. The van der Waals surface area contributed by atoms with Gasteiger partial charge in [0.25, 0.3) is 11.8 Å². The van der Waals surface area contributed by atoms with Crippen molar-refractivity contribution in [2.24, 2.45) is 32.7 Å². The van der Waals surface area contributed by atoms with Crippen molar-refractivity contribution in [1.82, 2.24) is 35.8 Å². The van der Waals surface area contributed by atoms with Crippen molar-refractivity contribution in [3.63, 3.8) is 0 Å². The Bertz CT molecular complexity index is 3550. The first-order chi connectivity index (χ1) is 41.1. The number of fused-ring (bicyclic) bond motifs is 4. The molecule has 6 aromatic rings. The van der Waals surface area contributed by atoms with Gasteiger partial charge in [-0.2, -0.15) is 10.2 Å². The number of nitrogens with two attached hydrogens (primary N) is 1. The number of benzene rings is 6. The maximum absolute atomic E-state index is 14.3. The smallest absolute Gasteiger partial charge is 0.256 e. The van der Waals surface area contributed by atoms with Gasteiger partial charge < -0.3 is 31.5 Å². The Balaban J connectivity index is 0.000000177. The van der Waals surface area contributed by atoms with E-state index in [1.54, 1.807) is 48.2 Å². The van der Waals surface area contributed by atoms with Gasteiger partial charge >= 0.3 is 0 Å². The number of hydrazone groups is 2. The summed E-state index contributed by atoms with van der Waals surface area (Å²) in [7, 11) is 3.34. The molecule has 1 aliphatic carbocycles. The van der Waals surface area contributed by atoms with Gasteiger partial charge in [-0.15, -0.1) is 0 Å². The minimum absolute atomic E-state index is 0.109. The highest BCUT2D eigenvalue weighted by Crippen LogP contribution is 2.41. The molecule has 7 atom stereocenters. The molecule has 2 fully saturated rings. The first-order valence-electron chi connectivity index (χ1n) is 29.2. The number of amides is 6. The van der Waals surface area contributed by atoms with E-state index < -0.39 is 40.9 Å². The van der Waals surface area contributed by atoms with Crippen molar-refractivity contribution in [1.29, 1.82) is 0 Å². The zero-order chi connectivity index (χ0) is 59.4. The Labute approximate surface area is 505 Å². The molecule has 16 nitrogen and oxygen atoms in total. The summed E-state index contributed by atoms with van der Waals surface area (Å²) < 4.78 is 0. The number of piperidine rings is 2. The number of carbonyl (C=O) groups is 6. The molecule has 6 aromatic carbocycles. The summed E-state index contributed by atoms with van der Waals surface area (Å²) in [6, 6.07) is 47.7. The van der Waals surface area contributed by atoms with Gasteiger partial charge in [0.2, 0.25) is 23.6 Å². The Morgan fingerprint density at radius 1 is 0.576 bits per heavy atom. The van der Waals surface area contributed by atoms with E-state index >= 15 is 0 Å². The van der Waals surface area contributed by atoms with Crippen LogP contribution in [0.2, 0.25) is 10.0 Å². The van der Waals surface area contributed by atoms with Crippen LogP contribution in [-0.2, 0) is 73.8 Å². The molecule has 5 heterocycles. The Hall–Kier alpha value is -8.02. The summed E-state index contributed by atoms with van der Waals surface area (Å²) in [5.74, 6) is -1.55. The highest BCUT2D eigenvalue weighted by atomic mass is 35.5. The highest BCUT2D eigenvalue weighted by molar-refractivity contribution is 6.30. The second kappa shape index (κ2) is 25.3. The fourth-order valence-electron chi connectivity index (χ4n) is 13.3. The maximum atomic E-state index is 14.3. The Morgan fingerprint density at radius 2 is 1.02 bits per heavy atom. The fourth-order valence-corrected chi connectivity index (χ4v) is 13.5. The van der Waals surface area contributed by atoms with Crippen LogP contribution in [0, 0.1) is 16.7 Å². The van der Waals surface area contributed by atoms with Gasteiger partial charge in [0, 0.05) is 88.6 Å². The van der Waals surface area contributed by atoms with Gasteiger partial charge in [0.1, 0.15) is 22.9 Å². The van der Waals surface area contributed by atoms with Gasteiger partial charge in [0.05, 0.1) is 23.4 Å². The molecule has 0 saturated carbocycles. The normalized spacial score (nSPS) is 23.0. The van der Waals surface area contributed by atoms with Crippen LogP contribution in [-0.4, -0.2) is 125 Å². The van der Waals surface area contributed by atoms with Crippen LogP contribution in [0.15, 0.2) is 168 Å². The number of likely N-dealkylation sites (tertiary alicyclic amines) is 2. The van der Waals surface area contributed by atoms with Crippen LogP contribution >= 0.6 is 23.2 Å². The molecule has 0 bridgehead atoms. The van der Waals surface area contributed by atoms with Crippen LogP contribution in [0.3, 0.4) is 0 Å². The first-order valence-corrected chi connectivity index (χ1v) is 29.9. The second-order valence-corrected chi connectivity index (χ2v) is 24.2. The number of hydrogen-bond donors (Lipinski definition) is 4. The summed E-state index contributed by atoms with van der Waals surface area (Å²) in [6.07, 6.45) is 4.40. The molecule has 2 saturated heterocycles. The fraction of sp³-hybridized carbons (Fsp3) is 0.343. The van der Waals surface area contributed by atoms with Crippen molar-refractivity contribution in [2.45, 2.75) is 88.5 Å². The lowest BCUT2D eigenvalue weighted by Gasteiger charge is -2.41. The number of hydrogen-bond acceptors (Lipinski definition) is 10. The van der Waals surface area contributed by atoms with Gasteiger partial charge in [0.15, 0.2) is 0 Å². The van der Waals surface area contributed by atoms with Crippen LogP contribution in [0.5, 0.6) is 0 Å². The van der Waals surface area contributed by atoms with E-state index in [-0.39, 0.29) is 55.0 Å². The molecule has 6 aliphatic rings. The van der Waals surface area contributed by atoms with E-state index in [4.69, 9.17) is 28.9 Å². The van der Waals surface area contributed by atoms with E-state index in [1.807, 2.05) is 121 Å². The maximum Gasteiger partial charge on any atom is 0.256 e. The Kier molecular flexibility index (Phi) is 17.5. The molecule has 6 amide bonds. The number of carbonyl (C=O) groups excluding carboxylic acids is 6. The molecule has 5 N–H and O–H groups in total. The summed E-state index contributed by atoms with van der Waals surface area (Å²) in [5.41, 5.74) is 14.6. The van der Waals surface area contributed by atoms with Gasteiger partial charge in [-0.25, -0.2) is 10.0 Å². The molecule has 0 spiro atoms. The first kappa shape index (κ1) is 58.7. The molecule has 438 valence electrons. The second-order valence-electron chi connectivity index (χ2n) is 23.3. The van der Waals surface area contributed by atoms with Crippen molar-refractivity contribution >= 4 is 70.1 Å². The standard InChI is InChI=1S/C34H36ClN5O3.C33H34ClN5O3/c1-39-33(43)34(20-23-7-3-2-4-8-23)21-40(18-17-29(34)38-39)32(42)28(19-22-11-14-25(35)15-12-22)37-31(41)27-16-13-24-9-5-6-10-26(24)30(27)36;1-38-32(42)33(19-23-7-3-2-4-8-23)21-39(16-15-29(33)37-38)31(41)28(17-22-11-13-26(34)14-12-22)36-30(40)27-18-24-9-5-6-10-25(24)20-35-27/h2-12,14-15,27-28,30H,13,16-21,36H2,1H3,(H,37,41);2-14,27-28,35H,15-21H2,1H3,(H,36,40)/t27?,28-,30?,34?;27-,28-,33?/m11/s1. The number of aryl methyl sites for hydroxylation is 1. The van der Waals surface area contributed by atoms with Crippen LogP contribution < -0.4 is 21.7 Å². The van der Waals surface area contributed by atoms with Crippen molar-refractivity contribution in [3.8, 4) is 0 Å². The van der Waals surface area contributed by atoms with E-state index in [0.29, 0.717) is 74.6 Å². The molecule has 0 radical (unpaired) electrons. The van der Waals surface area contributed by atoms with E-state index in [0.717, 1.165) is 56.8 Å². The minimum Gasteiger partial charge on any atom is -0.344 e. The minimum atomic E-state index is -0.936. The third kappa shape index (κ3) is 12.6. The summed E-state index contributed by atoms with van der Waals surface area (Å²) in [6.45, 7) is 1.85. The zero-order valence-electron chi connectivity index (χ0n) is 47.8.